The lowest BCUT2D eigenvalue weighted by molar-refractivity contribution is 0.152. The number of rotatable bonds is 8. The fourth-order valence-corrected chi connectivity index (χ4v) is 1.87. The highest BCUT2D eigenvalue weighted by atomic mass is 16.5. The Kier molecular flexibility index (Phi) is 8.47. The maximum atomic E-state index is 5.28. The van der Waals surface area contributed by atoms with Gasteiger partial charge in [0.15, 0.2) is 5.96 Å². The number of guanidine groups is 1. The molecule has 0 unspecified atom stereocenters. The molecule has 112 valence electrons. The second kappa shape index (κ2) is 10.3. The molecule has 2 N–H and O–H groups in total. The van der Waals surface area contributed by atoms with Crippen molar-refractivity contribution >= 4 is 5.96 Å². The topological polar surface area (TPSA) is 45.6 Å². The van der Waals surface area contributed by atoms with Gasteiger partial charge in [-0.25, -0.2) is 0 Å². The monoisotopic (exact) mass is 277 g/mol. The van der Waals surface area contributed by atoms with E-state index in [1.165, 1.54) is 11.1 Å². The molecule has 1 aromatic rings. The van der Waals surface area contributed by atoms with Crippen molar-refractivity contribution in [3.63, 3.8) is 0 Å². The van der Waals surface area contributed by atoms with E-state index in [4.69, 9.17) is 4.74 Å². The summed E-state index contributed by atoms with van der Waals surface area (Å²) in [5, 5.41) is 6.53. The molecule has 0 heterocycles. The maximum Gasteiger partial charge on any atom is 0.191 e. The number of benzene rings is 1. The first-order chi connectivity index (χ1) is 9.80. The standard InChI is InChI=1S/C16H27N3O/c1-4-14-6-8-15(9-7-14)10-11-18-16(17-3)19-12-13-20-5-2/h6-9H,4-5,10-13H2,1-3H3,(H2,17,18,19). The number of hydrogen-bond acceptors (Lipinski definition) is 2. The van der Waals surface area contributed by atoms with E-state index < -0.39 is 0 Å². The molecule has 0 saturated heterocycles. The Morgan fingerprint density at radius 2 is 1.70 bits per heavy atom. The average molecular weight is 277 g/mol. The molecule has 0 atom stereocenters. The number of nitrogens with one attached hydrogen (secondary N) is 2. The van der Waals surface area contributed by atoms with E-state index in [0.29, 0.717) is 6.61 Å². The minimum absolute atomic E-state index is 0.704. The minimum Gasteiger partial charge on any atom is -0.380 e. The number of aliphatic imine (C=N–C) groups is 1. The predicted octanol–water partition coefficient (Wildman–Crippen LogP) is 1.99. The Hall–Kier alpha value is -1.55. The summed E-state index contributed by atoms with van der Waals surface area (Å²) in [6.07, 6.45) is 2.09. The van der Waals surface area contributed by atoms with Crippen LogP contribution in [0.25, 0.3) is 0 Å². The molecular formula is C16H27N3O. The van der Waals surface area contributed by atoms with Crippen LogP contribution in [0.2, 0.25) is 0 Å². The van der Waals surface area contributed by atoms with Gasteiger partial charge in [0.05, 0.1) is 6.61 Å². The number of aryl methyl sites for hydroxylation is 1. The van der Waals surface area contributed by atoms with E-state index in [9.17, 15) is 0 Å². The fourth-order valence-electron chi connectivity index (χ4n) is 1.87. The zero-order valence-corrected chi connectivity index (χ0v) is 12.9. The Labute approximate surface area is 122 Å². The van der Waals surface area contributed by atoms with Crippen molar-refractivity contribution in [2.24, 2.45) is 4.99 Å². The highest BCUT2D eigenvalue weighted by Crippen LogP contribution is 2.05. The van der Waals surface area contributed by atoms with E-state index in [1.54, 1.807) is 7.05 Å². The number of ether oxygens (including phenoxy) is 1. The lowest BCUT2D eigenvalue weighted by atomic mass is 10.1. The summed E-state index contributed by atoms with van der Waals surface area (Å²) in [6.45, 7) is 7.28. The Balaban J connectivity index is 2.23. The van der Waals surface area contributed by atoms with Crippen molar-refractivity contribution in [2.75, 3.05) is 33.4 Å². The molecule has 0 saturated carbocycles. The van der Waals surface area contributed by atoms with Gasteiger partial charge >= 0.3 is 0 Å². The van der Waals surface area contributed by atoms with Gasteiger partial charge in [0.2, 0.25) is 0 Å². The third-order valence-electron chi connectivity index (χ3n) is 3.10. The highest BCUT2D eigenvalue weighted by molar-refractivity contribution is 5.79. The summed E-state index contributed by atoms with van der Waals surface area (Å²) in [4.78, 5) is 4.18. The van der Waals surface area contributed by atoms with Gasteiger partial charge in [-0.2, -0.15) is 0 Å². The molecule has 4 heteroatoms. The normalized spacial score (nSPS) is 11.4. The van der Waals surface area contributed by atoms with Gasteiger partial charge in [-0.1, -0.05) is 31.2 Å². The van der Waals surface area contributed by atoms with Gasteiger partial charge in [0.25, 0.3) is 0 Å². The van der Waals surface area contributed by atoms with Crippen LogP contribution in [0.5, 0.6) is 0 Å². The largest absolute Gasteiger partial charge is 0.380 e. The molecule has 1 rings (SSSR count). The smallest absolute Gasteiger partial charge is 0.191 e. The fraction of sp³-hybridized carbons (Fsp3) is 0.562. The molecule has 0 fully saturated rings. The van der Waals surface area contributed by atoms with Crippen LogP contribution in [0.15, 0.2) is 29.3 Å². The van der Waals surface area contributed by atoms with Crippen molar-refractivity contribution < 1.29 is 4.74 Å². The number of nitrogens with zero attached hydrogens (tertiary/aromatic N) is 1. The van der Waals surface area contributed by atoms with Crippen molar-refractivity contribution in [2.45, 2.75) is 26.7 Å². The Morgan fingerprint density at radius 3 is 2.30 bits per heavy atom. The molecule has 0 radical (unpaired) electrons. The van der Waals surface area contributed by atoms with Crippen LogP contribution >= 0.6 is 0 Å². The summed E-state index contributed by atoms with van der Waals surface area (Å²) in [5.74, 6) is 0.829. The van der Waals surface area contributed by atoms with Crippen LogP contribution in [0.4, 0.5) is 0 Å². The van der Waals surface area contributed by atoms with E-state index in [-0.39, 0.29) is 0 Å². The molecule has 1 aromatic carbocycles. The second-order valence-electron chi connectivity index (χ2n) is 4.54. The van der Waals surface area contributed by atoms with Crippen molar-refractivity contribution in [1.29, 1.82) is 0 Å². The average Bonchev–Trinajstić information content (AvgIpc) is 2.50. The second-order valence-corrected chi connectivity index (χ2v) is 4.54. The first kappa shape index (κ1) is 16.5. The molecular weight excluding hydrogens is 250 g/mol. The van der Waals surface area contributed by atoms with Crippen LogP contribution in [0.3, 0.4) is 0 Å². The maximum absolute atomic E-state index is 5.28. The van der Waals surface area contributed by atoms with Crippen LogP contribution in [-0.4, -0.2) is 39.3 Å². The summed E-state index contributed by atoms with van der Waals surface area (Å²) < 4.78 is 5.28. The molecule has 4 nitrogen and oxygen atoms in total. The third kappa shape index (κ3) is 6.57. The third-order valence-corrected chi connectivity index (χ3v) is 3.10. The zero-order valence-electron chi connectivity index (χ0n) is 12.9. The first-order valence-corrected chi connectivity index (χ1v) is 7.40. The first-order valence-electron chi connectivity index (χ1n) is 7.40. The molecule has 0 aromatic heterocycles. The van der Waals surface area contributed by atoms with Gasteiger partial charge in [0, 0.05) is 26.7 Å². The van der Waals surface area contributed by atoms with E-state index in [1.807, 2.05) is 6.92 Å². The summed E-state index contributed by atoms with van der Waals surface area (Å²) in [5.41, 5.74) is 2.73. The van der Waals surface area contributed by atoms with Crippen LogP contribution in [-0.2, 0) is 17.6 Å². The lowest BCUT2D eigenvalue weighted by Gasteiger charge is -2.12. The molecule has 0 spiro atoms. The highest BCUT2D eigenvalue weighted by Gasteiger charge is 1.98. The summed E-state index contributed by atoms with van der Waals surface area (Å²) >= 11 is 0. The number of hydrogen-bond donors (Lipinski definition) is 2. The molecule has 0 aliphatic heterocycles. The molecule has 0 aliphatic carbocycles. The van der Waals surface area contributed by atoms with Gasteiger partial charge in [0.1, 0.15) is 0 Å². The van der Waals surface area contributed by atoms with Gasteiger partial charge in [-0.3, -0.25) is 4.99 Å². The van der Waals surface area contributed by atoms with Crippen molar-refractivity contribution in [3.05, 3.63) is 35.4 Å². The molecule has 0 aliphatic rings. The quantitative estimate of drug-likeness (QED) is 0.434. The minimum atomic E-state index is 0.704. The SMILES string of the molecule is CCOCCNC(=NC)NCCc1ccc(CC)cc1. The predicted molar refractivity (Wildman–Crippen MR) is 85.4 cm³/mol. The zero-order chi connectivity index (χ0) is 14.6. The van der Waals surface area contributed by atoms with E-state index in [0.717, 1.165) is 38.5 Å². The van der Waals surface area contributed by atoms with Crippen molar-refractivity contribution in [3.8, 4) is 0 Å². The van der Waals surface area contributed by atoms with Gasteiger partial charge in [-0.05, 0) is 30.9 Å². The Morgan fingerprint density at radius 1 is 1.05 bits per heavy atom. The Bertz CT molecular complexity index is 387. The van der Waals surface area contributed by atoms with E-state index in [2.05, 4.69) is 46.8 Å². The van der Waals surface area contributed by atoms with E-state index >= 15 is 0 Å². The van der Waals surface area contributed by atoms with Crippen LogP contribution in [0, 0.1) is 0 Å². The summed E-state index contributed by atoms with van der Waals surface area (Å²) in [7, 11) is 1.78. The molecule has 20 heavy (non-hydrogen) atoms. The van der Waals surface area contributed by atoms with Gasteiger partial charge < -0.3 is 15.4 Å². The van der Waals surface area contributed by atoms with Crippen LogP contribution in [0.1, 0.15) is 25.0 Å². The molecule has 0 amide bonds. The lowest BCUT2D eigenvalue weighted by Crippen LogP contribution is -2.39. The summed E-state index contributed by atoms with van der Waals surface area (Å²) in [6, 6.07) is 8.80. The van der Waals surface area contributed by atoms with Gasteiger partial charge in [-0.15, -0.1) is 0 Å². The van der Waals surface area contributed by atoms with Crippen molar-refractivity contribution in [1.82, 2.24) is 10.6 Å². The van der Waals surface area contributed by atoms with Crippen LogP contribution < -0.4 is 10.6 Å². The molecule has 0 bridgehead atoms.